The molecule has 0 saturated heterocycles. The number of sulfone groups is 1. The van der Waals surface area contributed by atoms with E-state index in [2.05, 4.69) is 12.2 Å². The molecule has 0 aromatic carbocycles. The predicted octanol–water partition coefficient (Wildman–Crippen LogP) is 1.45. The van der Waals surface area contributed by atoms with Crippen molar-refractivity contribution >= 4 is 9.84 Å². The van der Waals surface area contributed by atoms with Gasteiger partial charge in [0, 0.05) is 5.75 Å². The van der Waals surface area contributed by atoms with E-state index in [0.29, 0.717) is 11.7 Å². The molecule has 14 heavy (non-hydrogen) atoms. The zero-order valence-corrected chi connectivity index (χ0v) is 10.4. The summed E-state index contributed by atoms with van der Waals surface area (Å²) in [5.74, 6) is 1.24. The van der Waals surface area contributed by atoms with E-state index in [1.54, 1.807) is 6.92 Å². The molecule has 3 nitrogen and oxygen atoms in total. The zero-order valence-electron chi connectivity index (χ0n) is 9.54. The van der Waals surface area contributed by atoms with E-state index >= 15 is 0 Å². The lowest BCUT2D eigenvalue weighted by molar-refractivity contribution is 0.444. The summed E-state index contributed by atoms with van der Waals surface area (Å²) in [4.78, 5) is 0. The zero-order chi connectivity index (χ0) is 11.0. The van der Waals surface area contributed by atoms with Crippen molar-refractivity contribution in [1.82, 2.24) is 5.32 Å². The summed E-state index contributed by atoms with van der Waals surface area (Å²) >= 11 is 0. The number of rotatable bonds is 8. The van der Waals surface area contributed by atoms with Gasteiger partial charge in [-0.2, -0.15) is 0 Å². The van der Waals surface area contributed by atoms with Crippen LogP contribution >= 0.6 is 0 Å². The average Bonchev–Trinajstić information content (AvgIpc) is 2.16. The number of nitrogens with one attached hydrogen (secondary N) is 1. The molecule has 0 saturated carbocycles. The van der Waals surface area contributed by atoms with Crippen LogP contribution in [0.4, 0.5) is 0 Å². The minimum absolute atomic E-state index is 0.274. The Morgan fingerprint density at radius 3 is 2.36 bits per heavy atom. The third-order valence-corrected chi connectivity index (χ3v) is 4.37. The number of hydrogen-bond donors (Lipinski definition) is 1. The van der Waals surface area contributed by atoms with Crippen LogP contribution in [0.5, 0.6) is 0 Å². The Morgan fingerprint density at radius 1 is 1.29 bits per heavy atom. The van der Waals surface area contributed by atoms with Gasteiger partial charge in [-0.1, -0.05) is 20.3 Å². The van der Waals surface area contributed by atoms with Crippen molar-refractivity contribution in [1.29, 1.82) is 0 Å². The summed E-state index contributed by atoms with van der Waals surface area (Å²) in [5, 5.41) is 3.13. The van der Waals surface area contributed by atoms with E-state index in [1.165, 1.54) is 0 Å². The van der Waals surface area contributed by atoms with E-state index < -0.39 is 9.84 Å². The van der Waals surface area contributed by atoms with Gasteiger partial charge in [0.05, 0.1) is 5.75 Å². The van der Waals surface area contributed by atoms with Gasteiger partial charge in [0.25, 0.3) is 0 Å². The van der Waals surface area contributed by atoms with Crippen molar-refractivity contribution in [2.45, 2.75) is 33.1 Å². The molecule has 0 aliphatic carbocycles. The predicted molar refractivity (Wildman–Crippen MR) is 61.3 cm³/mol. The first-order valence-electron chi connectivity index (χ1n) is 5.40. The molecule has 0 aromatic rings. The maximum absolute atomic E-state index is 11.2. The Morgan fingerprint density at radius 2 is 1.93 bits per heavy atom. The lowest BCUT2D eigenvalue weighted by Crippen LogP contribution is -2.19. The Labute approximate surface area is 88.2 Å². The van der Waals surface area contributed by atoms with Crippen LogP contribution in [0.2, 0.25) is 0 Å². The molecule has 0 amide bonds. The Kier molecular flexibility index (Phi) is 7.19. The van der Waals surface area contributed by atoms with Gasteiger partial charge in [0.2, 0.25) is 0 Å². The van der Waals surface area contributed by atoms with Crippen LogP contribution in [-0.4, -0.2) is 33.5 Å². The lowest BCUT2D eigenvalue weighted by Gasteiger charge is -2.13. The summed E-state index contributed by atoms with van der Waals surface area (Å²) in [6, 6.07) is 0. The van der Waals surface area contributed by atoms with Gasteiger partial charge in [-0.25, -0.2) is 8.42 Å². The van der Waals surface area contributed by atoms with Gasteiger partial charge < -0.3 is 5.32 Å². The first-order valence-corrected chi connectivity index (χ1v) is 7.22. The SMILES string of the molecule is CCC(CCCS(=O)(=O)CC)CNC. The minimum Gasteiger partial charge on any atom is -0.319 e. The van der Waals surface area contributed by atoms with Gasteiger partial charge in [-0.3, -0.25) is 0 Å². The molecule has 1 N–H and O–H groups in total. The monoisotopic (exact) mass is 221 g/mol. The van der Waals surface area contributed by atoms with E-state index in [4.69, 9.17) is 0 Å². The van der Waals surface area contributed by atoms with E-state index in [9.17, 15) is 8.42 Å². The van der Waals surface area contributed by atoms with Crippen LogP contribution in [0, 0.1) is 5.92 Å². The normalized spacial score (nSPS) is 14.2. The van der Waals surface area contributed by atoms with Crippen molar-refractivity contribution in [2.24, 2.45) is 5.92 Å². The molecule has 0 aliphatic rings. The molecule has 0 aromatic heterocycles. The smallest absolute Gasteiger partial charge is 0.150 e. The maximum atomic E-state index is 11.2. The lowest BCUT2D eigenvalue weighted by atomic mass is 10.0. The fraction of sp³-hybridized carbons (Fsp3) is 1.00. The van der Waals surface area contributed by atoms with Crippen molar-refractivity contribution in [3.63, 3.8) is 0 Å². The third kappa shape index (κ3) is 6.38. The molecule has 0 radical (unpaired) electrons. The molecule has 0 heterocycles. The van der Waals surface area contributed by atoms with Crippen LogP contribution in [0.3, 0.4) is 0 Å². The van der Waals surface area contributed by atoms with Crippen LogP contribution in [0.15, 0.2) is 0 Å². The third-order valence-electron chi connectivity index (χ3n) is 2.58. The molecule has 1 atom stereocenters. The summed E-state index contributed by atoms with van der Waals surface area (Å²) in [6.45, 7) is 4.85. The van der Waals surface area contributed by atoms with Crippen molar-refractivity contribution in [3.8, 4) is 0 Å². The second-order valence-electron chi connectivity index (χ2n) is 3.71. The average molecular weight is 221 g/mol. The summed E-state index contributed by atoms with van der Waals surface area (Å²) in [6.07, 6.45) is 2.93. The first kappa shape index (κ1) is 13.9. The van der Waals surface area contributed by atoms with Gasteiger partial charge in [0.15, 0.2) is 0 Å². The van der Waals surface area contributed by atoms with Gasteiger partial charge >= 0.3 is 0 Å². The highest BCUT2D eigenvalue weighted by Gasteiger charge is 2.10. The largest absolute Gasteiger partial charge is 0.319 e. The Hall–Kier alpha value is -0.0900. The molecule has 0 fully saturated rings. The molecule has 0 bridgehead atoms. The van der Waals surface area contributed by atoms with Crippen molar-refractivity contribution in [2.75, 3.05) is 25.1 Å². The standard InChI is InChI=1S/C10H23NO2S/c1-4-10(9-11-3)7-6-8-14(12,13)5-2/h10-11H,4-9H2,1-3H3. The molecule has 0 spiro atoms. The van der Waals surface area contributed by atoms with Gasteiger partial charge in [-0.05, 0) is 32.4 Å². The molecule has 4 heteroatoms. The fourth-order valence-corrected chi connectivity index (χ4v) is 2.37. The molecular weight excluding hydrogens is 198 g/mol. The summed E-state index contributed by atoms with van der Waals surface area (Å²) < 4.78 is 22.4. The molecule has 86 valence electrons. The fourth-order valence-electron chi connectivity index (χ4n) is 1.48. The van der Waals surface area contributed by atoms with Crippen LogP contribution in [-0.2, 0) is 9.84 Å². The van der Waals surface area contributed by atoms with Crippen molar-refractivity contribution < 1.29 is 8.42 Å². The topological polar surface area (TPSA) is 46.2 Å². The van der Waals surface area contributed by atoms with Crippen LogP contribution < -0.4 is 5.32 Å². The Bertz CT molecular complexity index is 224. The summed E-state index contributed by atoms with van der Waals surface area (Å²) in [7, 11) is -0.823. The van der Waals surface area contributed by atoms with Gasteiger partial charge in [-0.15, -0.1) is 0 Å². The van der Waals surface area contributed by atoms with Crippen LogP contribution in [0.25, 0.3) is 0 Å². The van der Waals surface area contributed by atoms with E-state index in [1.807, 2.05) is 7.05 Å². The van der Waals surface area contributed by atoms with Gasteiger partial charge in [0.1, 0.15) is 9.84 Å². The van der Waals surface area contributed by atoms with E-state index in [-0.39, 0.29) is 5.75 Å². The first-order chi connectivity index (χ1) is 6.55. The van der Waals surface area contributed by atoms with Crippen molar-refractivity contribution in [3.05, 3.63) is 0 Å². The minimum atomic E-state index is -2.76. The second kappa shape index (κ2) is 7.23. The Balaban J connectivity index is 3.71. The van der Waals surface area contributed by atoms with Crippen LogP contribution in [0.1, 0.15) is 33.1 Å². The molecule has 0 aliphatic heterocycles. The second-order valence-corrected chi connectivity index (χ2v) is 6.18. The maximum Gasteiger partial charge on any atom is 0.150 e. The van der Waals surface area contributed by atoms with E-state index in [0.717, 1.165) is 25.8 Å². The highest BCUT2D eigenvalue weighted by atomic mass is 32.2. The highest BCUT2D eigenvalue weighted by molar-refractivity contribution is 7.91. The highest BCUT2D eigenvalue weighted by Crippen LogP contribution is 2.10. The number of hydrogen-bond acceptors (Lipinski definition) is 3. The molecule has 0 rings (SSSR count). The quantitative estimate of drug-likeness (QED) is 0.675. The molecule has 1 unspecified atom stereocenters. The molecular formula is C10H23NO2S. The summed E-state index contributed by atoms with van der Waals surface area (Å²) in [5.41, 5.74) is 0.